The minimum Gasteiger partial charge on any atom is -0.726 e. The van der Waals surface area contributed by atoms with Gasteiger partial charge in [0.15, 0.2) is 6.67 Å². The number of unbranched alkanes of at least 4 members (excludes halogenated alkanes) is 7. The fraction of sp³-hybridized carbons (Fsp3) is 0.714. The number of likely N-dealkylation sites (tertiary alicyclic amines) is 1. The van der Waals surface area contributed by atoms with Crippen LogP contribution in [0.1, 0.15) is 98.3 Å². The van der Waals surface area contributed by atoms with Crippen molar-refractivity contribution in [1.29, 1.82) is 0 Å². The van der Waals surface area contributed by atoms with Gasteiger partial charge < -0.3 is 9.87 Å². The first-order valence-corrected chi connectivity index (χ1v) is 15.6. The average Bonchev–Trinajstić information content (AvgIpc) is 3.28. The second-order valence-electron chi connectivity index (χ2n) is 9.81. The Kier molecular flexibility index (Phi) is 16.4. The molecule has 0 spiro atoms. The van der Waals surface area contributed by atoms with Crippen LogP contribution in [0.25, 0.3) is 0 Å². The van der Waals surface area contributed by atoms with Gasteiger partial charge in [-0.2, -0.15) is 0 Å². The molecule has 10 heteroatoms. The van der Waals surface area contributed by atoms with Crippen LogP contribution in [0.4, 0.5) is 11.4 Å². The van der Waals surface area contributed by atoms with E-state index in [9.17, 15) is 22.6 Å². The van der Waals surface area contributed by atoms with E-state index >= 15 is 0 Å². The van der Waals surface area contributed by atoms with Crippen molar-refractivity contribution in [2.45, 2.75) is 98.3 Å². The number of carbonyl (C=O) groups excluding carboxylic acids is 2. The number of amides is 2. The molecule has 0 unspecified atom stereocenters. The normalized spacial score (nSPS) is 13.8. The van der Waals surface area contributed by atoms with Crippen molar-refractivity contribution in [3.8, 4) is 0 Å². The lowest BCUT2D eigenvalue weighted by molar-refractivity contribution is -0.129. The van der Waals surface area contributed by atoms with Gasteiger partial charge in [-0.05, 0) is 45.7 Å². The summed E-state index contributed by atoms with van der Waals surface area (Å²) in [4.78, 5) is 26.4. The SMILES string of the molecule is CCCCCCCCCCC(=O)Nc1ccc([N+](CC)(CC)CN2CCCC2=O)cc1.CCOS(=O)(=O)[O-]. The van der Waals surface area contributed by atoms with Crippen LogP contribution < -0.4 is 9.80 Å². The summed E-state index contributed by atoms with van der Waals surface area (Å²) in [5, 5.41) is 3.05. The Morgan fingerprint density at radius 1 is 0.974 bits per heavy atom. The highest BCUT2D eigenvalue weighted by Crippen LogP contribution is 2.27. The van der Waals surface area contributed by atoms with Gasteiger partial charge in [-0.3, -0.25) is 23.2 Å². The summed E-state index contributed by atoms with van der Waals surface area (Å²) < 4.78 is 32.8. The number of nitrogens with one attached hydrogen (secondary N) is 1. The molecule has 9 nitrogen and oxygen atoms in total. The van der Waals surface area contributed by atoms with Gasteiger partial charge in [0.1, 0.15) is 5.69 Å². The van der Waals surface area contributed by atoms with Crippen molar-refractivity contribution in [2.75, 3.05) is 38.2 Å². The highest BCUT2D eigenvalue weighted by Gasteiger charge is 2.33. The molecule has 1 heterocycles. The van der Waals surface area contributed by atoms with Crippen LogP contribution in [-0.4, -0.2) is 62.6 Å². The largest absolute Gasteiger partial charge is 0.726 e. The van der Waals surface area contributed by atoms with Gasteiger partial charge in [-0.25, -0.2) is 8.42 Å². The molecule has 1 aliphatic heterocycles. The molecular formula is C28H49N3O6S. The third kappa shape index (κ3) is 13.2. The lowest BCUT2D eigenvalue weighted by Gasteiger charge is -2.39. The van der Waals surface area contributed by atoms with E-state index in [1.807, 2.05) is 17.0 Å². The van der Waals surface area contributed by atoms with Crippen LogP contribution >= 0.6 is 0 Å². The van der Waals surface area contributed by atoms with Crippen LogP contribution in [-0.2, 0) is 24.2 Å². The zero-order chi connectivity index (χ0) is 28.4. The minimum atomic E-state index is -4.42. The Morgan fingerprint density at radius 2 is 1.55 bits per heavy atom. The number of rotatable bonds is 17. The van der Waals surface area contributed by atoms with Crippen molar-refractivity contribution in [1.82, 2.24) is 9.38 Å². The molecule has 218 valence electrons. The van der Waals surface area contributed by atoms with Gasteiger partial charge in [0, 0.05) is 37.2 Å². The predicted molar refractivity (Wildman–Crippen MR) is 152 cm³/mol. The third-order valence-corrected chi connectivity index (χ3v) is 7.57. The van der Waals surface area contributed by atoms with Gasteiger partial charge in [-0.1, -0.05) is 51.9 Å². The monoisotopic (exact) mass is 555 g/mol. The van der Waals surface area contributed by atoms with E-state index in [-0.39, 0.29) is 18.4 Å². The van der Waals surface area contributed by atoms with Crippen LogP contribution in [0, 0.1) is 0 Å². The average molecular weight is 556 g/mol. The smallest absolute Gasteiger partial charge is 0.226 e. The van der Waals surface area contributed by atoms with Crippen molar-refractivity contribution >= 4 is 33.6 Å². The summed E-state index contributed by atoms with van der Waals surface area (Å²) in [5.74, 6) is 0.377. The lowest BCUT2D eigenvalue weighted by atomic mass is 10.1. The Morgan fingerprint density at radius 3 is 2.00 bits per heavy atom. The van der Waals surface area contributed by atoms with E-state index in [4.69, 9.17) is 0 Å². The van der Waals surface area contributed by atoms with Crippen molar-refractivity contribution in [2.24, 2.45) is 0 Å². The number of hydrogen-bond acceptors (Lipinski definition) is 6. The van der Waals surface area contributed by atoms with Crippen LogP contribution in [0.2, 0.25) is 0 Å². The van der Waals surface area contributed by atoms with Gasteiger partial charge in [0.2, 0.25) is 22.2 Å². The van der Waals surface area contributed by atoms with E-state index in [0.29, 0.717) is 12.8 Å². The van der Waals surface area contributed by atoms with E-state index in [1.54, 1.807) is 0 Å². The fourth-order valence-electron chi connectivity index (χ4n) is 4.70. The number of quaternary nitrogens is 1. The summed E-state index contributed by atoms with van der Waals surface area (Å²) in [6.45, 7) is 11.4. The molecule has 2 rings (SSSR count). The maximum atomic E-state index is 12.3. The molecule has 1 fully saturated rings. The zero-order valence-corrected chi connectivity index (χ0v) is 24.7. The van der Waals surface area contributed by atoms with Crippen LogP contribution in [0.5, 0.6) is 0 Å². The van der Waals surface area contributed by atoms with Crippen molar-refractivity contribution in [3.05, 3.63) is 24.3 Å². The third-order valence-electron chi connectivity index (χ3n) is 7.04. The van der Waals surface area contributed by atoms with Crippen molar-refractivity contribution in [3.63, 3.8) is 0 Å². The Labute approximate surface area is 230 Å². The van der Waals surface area contributed by atoms with Gasteiger partial charge in [0.05, 0.1) is 19.7 Å². The number of benzene rings is 1. The summed E-state index contributed by atoms with van der Waals surface area (Å²) >= 11 is 0. The van der Waals surface area contributed by atoms with Gasteiger partial charge in [0.25, 0.3) is 0 Å². The van der Waals surface area contributed by atoms with Crippen LogP contribution in [0.3, 0.4) is 0 Å². The molecule has 2 amide bonds. The predicted octanol–water partition coefficient (Wildman–Crippen LogP) is 5.57. The standard InChI is InChI=1S/C26H43N3O2.C2H6O4S/c1-4-7-8-9-10-11-12-13-15-25(30)27-23-17-19-24(20-18-23)29(5-2,6-3)22-28-21-14-16-26(28)31;1-2-6-7(3,4)5/h17-20H,4-16,21-22H2,1-3H3;2H2,1H3,(H,3,4,5). The molecule has 0 radical (unpaired) electrons. The minimum absolute atomic E-state index is 0.0914. The van der Waals surface area contributed by atoms with E-state index in [0.717, 1.165) is 55.7 Å². The quantitative estimate of drug-likeness (QED) is 0.116. The summed E-state index contributed by atoms with van der Waals surface area (Å²) in [6.07, 6.45) is 12.2. The molecule has 1 N–H and O–H groups in total. The molecule has 0 aliphatic carbocycles. The molecule has 38 heavy (non-hydrogen) atoms. The highest BCUT2D eigenvalue weighted by atomic mass is 32.3. The Bertz CT molecular complexity index is 917. The van der Waals surface area contributed by atoms with Crippen LogP contribution in [0.15, 0.2) is 24.3 Å². The zero-order valence-electron chi connectivity index (χ0n) is 23.9. The number of nitrogens with zero attached hydrogens (tertiary/aromatic N) is 2. The number of carbonyl (C=O) groups is 2. The highest BCUT2D eigenvalue weighted by molar-refractivity contribution is 7.80. The maximum Gasteiger partial charge on any atom is 0.226 e. The molecule has 1 aromatic carbocycles. The van der Waals surface area contributed by atoms with E-state index in [1.165, 1.54) is 51.1 Å². The van der Waals surface area contributed by atoms with Gasteiger partial charge in [-0.15, -0.1) is 0 Å². The lowest BCUT2D eigenvalue weighted by Crippen LogP contribution is -2.55. The summed E-state index contributed by atoms with van der Waals surface area (Å²) in [6, 6.07) is 8.23. The first-order valence-electron chi connectivity index (χ1n) is 14.2. The topological polar surface area (TPSA) is 116 Å². The molecule has 0 saturated carbocycles. The summed E-state index contributed by atoms with van der Waals surface area (Å²) in [7, 11) is -4.42. The molecule has 1 aliphatic rings. The molecule has 1 saturated heterocycles. The molecular weight excluding hydrogens is 506 g/mol. The molecule has 0 aromatic heterocycles. The molecule has 1 aromatic rings. The first kappa shape index (κ1) is 34.0. The second kappa shape index (κ2) is 18.3. The first-order chi connectivity index (χ1) is 18.1. The second-order valence-corrected chi connectivity index (χ2v) is 10.9. The van der Waals surface area contributed by atoms with Gasteiger partial charge >= 0.3 is 0 Å². The molecule has 0 atom stereocenters. The number of hydrogen-bond donors (Lipinski definition) is 1. The number of anilines is 1. The fourth-order valence-corrected chi connectivity index (χ4v) is 4.99. The van der Waals surface area contributed by atoms with E-state index in [2.05, 4.69) is 42.4 Å². The van der Waals surface area contributed by atoms with E-state index < -0.39 is 10.4 Å². The Balaban J connectivity index is 0.000000905. The Hall–Kier alpha value is -2.01. The maximum absolute atomic E-state index is 12.3. The summed E-state index contributed by atoms with van der Waals surface area (Å²) in [5.41, 5.74) is 2.06. The van der Waals surface area contributed by atoms with Crippen molar-refractivity contribution < 1.29 is 26.7 Å². The molecule has 0 bridgehead atoms.